The monoisotopic (exact) mass is 349 g/mol. The molecular formula is C16H15NO6S. The number of esters is 2. The normalized spacial score (nSPS) is 12.5. The summed E-state index contributed by atoms with van der Waals surface area (Å²) in [6, 6.07) is 3.14. The first-order chi connectivity index (χ1) is 11.6. The SMILES string of the molecule is COC(=O)COC(=O)c1c(NC(=O)c2ccco2)sc2c1CCC2. The van der Waals surface area contributed by atoms with E-state index in [1.54, 1.807) is 6.07 Å². The van der Waals surface area contributed by atoms with E-state index in [9.17, 15) is 14.4 Å². The zero-order chi connectivity index (χ0) is 17.1. The maximum absolute atomic E-state index is 12.4. The summed E-state index contributed by atoms with van der Waals surface area (Å²) >= 11 is 1.35. The molecule has 0 spiro atoms. The fraction of sp³-hybridized carbons (Fsp3) is 0.312. The minimum atomic E-state index is -0.644. The summed E-state index contributed by atoms with van der Waals surface area (Å²) in [6.07, 6.45) is 3.94. The van der Waals surface area contributed by atoms with Crippen LogP contribution in [0.2, 0.25) is 0 Å². The molecule has 0 saturated carbocycles. The van der Waals surface area contributed by atoms with E-state index in [1.165, 1.54) is 30.8 Å². The molecule has 8 heteroatoms. The van der Waals surface area contributed by atoms with E-state index in [0.29, 0.717) is 10.6 Å². The summed E-state index contributed by atoms with van der Waals surface area (Å²) in [5.41, 5.74) is 1.20. The number of rotatable bonds is 5. The van der Waals surface area contributed by atoms with Crippen LogP contribution >= 0.6 is 11.3 Å². The predicted octanol–water partition coefficient (Wildman–Crippen LogP) is 2.41. The third-order valence-corrected chi connectivity index (χ3v) is 4.85. The highest BCUT2D eigenvalue weighted by atomic mass is 32.1. The van der Waals surface area contributed by atoms with Gasteiger partial charge in [0.25, 0.3) is 5.91 Å². The predicted molar refractivity (Wildman–Crippen MR) is 85.3 cm³/mol. The number of aryl methyl sites for hydroxylation is 1. The average molecular weight is 349 g/mol. The molecule has 0 saturated heterocycles. The Balaban J connectivity index is 1.83. The van der Waals surface area contributed by atoms with Crippen LogP contribution < -0.4 is 5.32 Å². The van der Waals surface area contributed by atoms with Crippen LogP contribution in [0.15, 0.2) is 22.8 Å². The first kappa shape index (κ1) is 16.3. The van der Waals surface area contributed by atoms with Crippen molar-refractivity contribution >= 4 is 34.2 Å². The van der Waals surface area contributed by atoms with Crippen LogP contribution in [0.3, 0.4) is 0 Å². The number of furan rings is 1. The molecule has 0 bridgehead atoms. The Bertz CT molecular complexity index is 777. The van der Waals surface area contributed by atoms with Gasteiger partial charge in [-0.1, -0.05) is 0 Å². The quantitative estimate of drug-likeness (QED) is 0.833. The Morgan fingerprint density at radius 2 is 2.17 bits per heavy atom. The number of fused-ring (bicyclic) bond motifs is 1. The summed E-state index contributed by atoms with van der Waals surface area (Å²) in [7, 11) is 1.22. The molecule has 0 unspecified atom stereocenters. The first-order valence-corrected chi connectivity index (χ1v) is 8.15. The Labute approximate surface area is 141 Å². The van der Waals surface area contributed by atoms with Gasteiger partial charge in [-0.15, -0.1) is 11.3 Å². The highest BCUT2D eigenvalue weighted by molar-refractivity contribution is 7.17. The lowest BCUT2D eigenvalue weighted by Crippen LogP contribution is -2.18. The second kappa shape index (κ2) is 6.88. The van der Waals surface area contributed by atoms with Gasteiger partial charge in [-0.3, -0.25) is 4.79 Å². The summed E-state index contributed by atoms with van der Waals surface area (Å²) in [6.45, 7) is -0.467. The molecule has 126 valence electrons. The fourth-order valence-corrected chi connectivity index (χ4v) is 3.81. The highest BCUT2D eigenvalue weighted by Crippen LogP contribution is 2.39. The van der Waals surface area contributed by atoms with Gasteiger partial charge in [-0.05, 0) is 37.0 Å². The van der Waals surface area contributed by atoms with E-state index in [-0.39, 0.29) is 5.76 Å². The van der Waals surface area contributed by atoms with Crippen LogP contribution in [0.25, 0.3) is 0 Å². The number of carbonyl (C=O) groups is 3. The molecule has 3 rings (SSSR count). The third-order valence-electron chi connectivity index (χ3n) is 3.65. The molecule has 2 aromatic rings. The molecule has 1 N–H and O–H groups in total. The number of ether oxygens (including phenoxy) is 2. The van der Waals surface area contributed by atoms with Crippen molar-refractivity contribution < 1.29 is 28.3 Å². The lowest BCUT2D eigenvalue weighted by atomic mass is 10.1. The van der Waals surface area contributed by atoms with Gasteiger partial charge in [0.2, 0.25) is 0 Å². The number of amides is 1. The van der Waals surface area contributed by atoms with Crippen molar-refractivity contribution in [2.24, 2.45) is 0 Å². The van der Waals surface area contributed by atoms with E-state index >= 15 is 0 Å². The number of anilines is 1. The summed E-state index contributed by atoms with van der Waals surface area (Å²) in [5, 5.41) is 3.11. The minimum absolute atomic E-state index is 0.150. The molecule has 0 fully saturated rings. The lowest BCUT2D eigenvalue weighted by molar-refractivity contribution is -0.144. The molecule has 2 aromatic heterocycles. The van der Waals surface area contributed by atoms with E-state index < -0.39 is 24.5 Å². The smallest absolute Gasteiger partial charge is 0.344 e. The first-order valence-electron chi connectivity index (χ1n) is 7.33. The van der Waals surface area contributed by atoms with Crippen LogP contribution in [0.5, 0.6) is 0 Å². The molecule has 0 aliphatic heterocycles. The largest absolute Gasteiger partial charge is 0.466 e. The molecule has 1 amide bonds. The average Bonchev–Trinajstić information content (AvgIpc) is 3.28. The zero-order valence-corrected chi connectivity index (χ0v) is 13.7. The van der Waals surface area contributed by atoms with Crippen molar-refractivity contribution in [2.75, 3.05) is 19.0 Å². The molecule has 0 radical (unpaired) electrons. The molecule has 0 aromatic carbocycles. The van der Waals surface area contributed by atoms with Gasteiger partial charge >= 0.3 is 11.9 Å². The second-order valence-corrected chi connectivity index (χ2v) is 6.25. The van der Waals surface area contributed by atoms with E-state index in [2.05, 4.69) is 10.1 Å². The standard InChI is InChI=1S/C16H15NO6S/c1-21-12(18)8-23-16(20)13-9-4-2-6-11(9)24-15(13)17-14(19)10-5-3-7-22-10/h3,5,7H,2,4,6,8H2,1H3,(H,17,19). The fourth-order valence-electron chi connectivity index (χ4n) is 2.54. The molecule has 1 aliphatic rings. The maximum Gasteiger partial charge on any atom is 0.344 e. The van der Waals surface area contributed by atoms with E-state index in [4.69, 9.17) is 9.15 Å². The topological polar surface area (TPSA) is 94.8 Å². The van der Waals surface area contributed by atoms with Crippen molar-refractivity contribution in [3.63, 3.8) is 0 Å². The molecule has 0 atom stereocenters. The molecule has 7 nitrogen and oxygen atoms in total. The van der Waals surface area contributed by atoms with Crippen molar-refractivity contribution in [3.8, 4) is 0 Å². The number of hydrogen-bond donors (Lipinski definition) is 1. The Kier molecular flexibility index (Phi) is 4.66. The Hall–Kier alpha value is -2.61. The molecule has 2 heterocycles. The molecule has 24 heavy (non-hydrogen) atoms. The summed E-state index contributed by atoms with van der Waals surface area (Å²) < 4.78 is 14.5. The highest BCUT2D eigenvalue weighted by Gasteiger charge is 2.29. The van der Waals surface area contributed by atoms with Gasteiger partial charge in [-0.2, -0.15) is 0 Å². The van der Waals surface area contributed by atoms with Crippen molar-refractivity contribution in [2.45, 2.75) is 19.3 Å². The van der Waals surface area contributed by atoms with Crippen LogP contribution in [-0.4, -0.2) is 31.6 Å². The third kappa shape index (κ3) is 3.18. The van der Waals surface area contributed by atoms with Gasteiger partial charge in [-0.25, -0.2) is 9.59 Å². The zero-order valence-electron chi connectivity index (χ0n) is 12.9. The number of methoxy groups -OCH3 is 1. The Morgan fingerprint density at radius 3 is 2.88 bits per heavy atom. The van der Waals surface area contributed by atoms with Crippen molar-refractivity contribution in [1.29, 1.82) is 0 Å². The van der Waals surface area contributed by atoms with Crippen molar-refractivity contribution in [3.05, 3.63) is 40.2 Å². The summed E-state index contributed by atoms with van der Waals surface area (Å²) in [4.78, 5) is 36.8. The number of nitrogens with one attached hydrogen (secondary N) is 1. The van der Waals surface area contributed by atoms with Gasteiger partial charge in [0, 0.05) is 4.88 Å². The van der Waals surface area contributed by atoms with Crippen LogP contribution in [0, 0.1) is 0 Å². The minimum Gasteiger partial charge on any atom is -0.466 e. The van der Waals surface area contributed by atoms with Crippen molar-refractivity contribution in [1.82, 2.24) is 0 Å². The molecular weight excluding hydrogens is 334 g/mol. The van der Waals surface area contributed by atoms with Crippen LogP contribution in [0.4, 0.5) is 5.00 Å². The van der Waals surface area contributed by atoms with Gasteiger partial charge < -0.3 is 19.2 Å². The van der Waals surface area contributed by atoms with Crippen LogP contribution in [-0.2, 0) is 27.1 Å². The van der Waals surface area contributed by atoms with E-state index in [1.807, 2.05) is 0 Å². The lowest BCUT2D eigenvalue weighted by Gasteiger charge is -2.07. The van der Waals surface area contributed by atoms with E-state index in [0.717, 1.165) is 29.7 Å². The number of hydrogen-bond acceptors (Lipinski definition) is 7. The van der Waals surface area contributed by atoms with Gasteiger partial charge in [0.15, 0.2) is 12.4 Å². The summed E-state index contributed by atoms with van der Waals surface area (Å²) in [5.74, 6) is -1.58. The molecule has 1 aliphatic carbocycles. The maximum atomic E-state index is 12.4. The number of carbonyl (C=O) groups excluding carboxylic acids is 3. The second-order valence-electron chi connectivity index (χ2n) is 5.15. The number of thiophene rings is 1. The van der Waals surface area contributed by atoms with Crippen LogP contribution in [0.1, 0.15) is 37.8 Å². The van der Waals surface area contributed by atoms with Gasteiger partial charge in [0.1, 0.15) is 5.00 Å². The Morgan fingerprint density at radius 1 is 1.33 bits per heavy atom. The van der Waals surface area contributed by atoms with Gasteiger partial charge in [0.05, 0.1) is 18.9 Å².